The Hall–Kier alpha value is -0.935. The summed E-state index contributed by atoms with van der Waals surface area (Å²) < 4.78 is 26.1. The van der Waals surface area contributed by atoms with Crippen molar-refractivity contribution in [1.82, 2.24) is 0 Å². The van der Waals surface area contributed by atoms with E-state index in [-0.39, 0.29) is 16.9 Å². The maximum absolute atomic E-state index is 13.3. The molecule has 0 aliphatic carbocycles. The molecule has 0 bridgehead atoms. The van der Waals surface area contributed by atoms with Gasteiger partial charge in [-0.25, -0.2) is 8.78 Å². The molecule has 0 aliphatic rings. The van der Waals surface area contributed by atoms with Crippen molar-refractivity contribution in [2.75, 3.05) is 0 Å². The van der Waals surface area contributed by atoms with Crippen LogP contribution >= 0.6 is 0 Å². The Morgan fingerprint density at radius 2 is 1.79 bits per heavy atom. The predicted molar refractivity (Wildman–Crippen MR) is 50.3 cm³/mol. The average Bonchev–Trinajstić information content (AvgIpc) is 2.08. The third-order valence-electron chi connectivity index (χ3n) is 2.02. The molecule has 0 amide bonds. The van der Waals surface area contributed by atoms with Crippen molar-refractivity contribution in [2.45, 2.75) is 19.8 Å². The van der Waals surface area contributed by atoms with E-state index in [2.05, 4.69) is 0 Å². The molecule has 14 heavy (non-hydrogen) atoms. The molecule has 0 atom stereocenters. The molecule has 5 heteroatoms. The molecule has 0 spiro atoms. The fraction of sp³-hybridized carbons (Fsp3) is 0.333. The van der Waals surface area contributed by atoms with Gasteiger partial charge in [0, 0.05) is 0 Å². The van der Waals surface area contributed by atoms with Crippen LogP contribution in [0.2, 0.25) is 0 Å². The molecule has 0 radical (unpaired) electrons. The predicted octanol–water partition coefficient (Wildman–Crippen LogP) is 0.768. The SMILES string of the molecule is CC(C)c1c(B(O)O)ccc(F)c1F. The Kier molecular flexibility index (Phi) is 3.23. The maximum Gasteiger partial charge on any atom is 0.488 e. The Balaban J connectivity index is 3.38. The Bertz CT molecular complexity index is 340. The summed E-state index contributed by atoms with van der Waals surface area (Å²) in [6.07, 6.45) is 0. The second kappa shape index (κ2) is 4.06. The lowest BCUT2D eigenvalue weighted by Gasteiger charge is -2.13. The van der Waals surface area contributed by atoms with Crippen molar-refractivity contribution in [3.05, 3.63) is 29.3 Å². The first-order valence-electron chi connectivity index (χ1n) is 4.29. The smallest absolute Gasteiger partial charge is 0.423 e. The Labute approximate surface area is 81.3 Å². The van der Waals surface area contributed by atoms with E-state index in [1.54, 1.807) is 13.8 Å². The molecule has 1 rings (SSSR count). The molecule has 0 aromatic heterocycles. The highest BCUT2D eigenvalue weighted by molar-refractivity contribution is 6.59. The molecule has 1 aromatic rings. The van der Waals surface area contributed by atoms with Crippen LogP contribution in [0.15, 0.2) is 12.1 Å². The van der Waals surface area contributed by atoms with Gasteiger partial charge in [0.25, 0.3) is 0 Å². The van der Waals surface area contributed by atoms with Crippen LogP contribution in [0.4, 0.5) is 8.78 Å². The second-order valence-electron chi connectivity index (χ2n) is 3.39. The van der Waals surface area contributed by atoms with Crippen LogP contribution in [0, 0.1) is 11.6 Å². The molecule has 0 saturated heterocycles. The van der Waals surface area contributed by atoms with Gasteiger partial charge in [0.15, 0.2) is 11.6 Å². The topological polar surface area (TPSA) is 40.5 Å². The van der Waals surface area contributed by atoms with Gasteiger partial charge in [0.1, 0.15) is 0 Å². The molecule has 0 aliphatic heterocycles. The first kappa shape index (κ1) is 11.1. The van der Waals surface area contributed by atoms with Crippen molar-refractivity contribution >= 4 is 12.6 Å². The molecule has 2 N–H and O–H groups in total. The van der Waals surface area contributed by atoms with E-state index >= 15 is 0 Å². The van der Waals surface area contributed by atoms with E-state index in [0.29, 0.717) is 0 Å². The number of benzene rings is 1. The summed E-state index contributed by atoms with van der Waals surface area (Å²) in [4.78, 5) is 0. The van der Waals surface area contributed by atoms with Crippen LogP contribution in [0.25, 0.3) is 0 Å². The molecule has 0 unspecified atom stereocenters. The van der Waals surface area contributed by atoms with Gasteiger partial charge in [-0.05, 0) is 23.0 Å². The Morgan fingerprint density at radius 1 is 1.21 bits per heavy atom. The quantitative estimate of drug-likeness (QED) is 0.692. The number of hydrogen-bond donors (Lipinski definition) is 2. The normalized spacial score (nSPS) is 10.8. The largest absolute Gasteiger partial charge is 0.488 e. The summed E-state index contributed by atoms with van der Waals surface area (Å²) in [6, 6.07) is 2.06. The lowest BCUT2D eigenvalue weighted by atomic mass is 9.74. The van der Waals surface area contributed by atoms with Gasteiger partial charge in [0.05, 0.1) is 0 Å². The van der Waals surface area contributed by atoms with Crippen LogP contribution < -0.4 is 5.46 Å². The fourth-order valence-electron chi connectivity index (χ4n) is 1.39. The maximum atomic E-state index is 13.3. The van der Waals surface area contributed by atoms with Gasteiger partial charge in [-0.1, -0.05) is 19.9 Å². The van der Waals surface area contributed by atoms with Crippen molar-refractivity contribution < 1.29 is 18.8 Å². The second-order valence-corrected chi connectivity index (χ2v) is 3.39. The first-order valence-corrected chi connectivity index (χ1v) is 4.29. The molecular formula is C9H11BF2O2. The highest BCUT2D eigenvalue weighted by Gasteiger charge is 2.23. The van der Waals surface area contributed by atoms with E-state index in [1.165, 1.54) is 6.07 Å². The van der Waals surface area contributed by atoms with Crippen molar-refractivity contribution in [1.29, 1.82) is 0 Å². The van der Waals surface area contributed by atoms with E-state index < -0.39 is 18.8 Å². The number of halogens is 2. The monoisotopic (exact) mass is 200 g/mol. The summed E-state index contributed by atoms with van der Waals surface area (Å²) in [7, 11) is -1.78. The number of hydrogen-bond acceptors (Lipinski definition) is 2. The summed E-state index contributed by atoms with van der Waals surface area (Å²) >= 11 is 0. The zero-order chi connectivity index (χ0) is 10.9. The average molecular weight is 200 g/mol. The molecule has 0 fully saturated rings. The standard InChI is InChI=1S/C9H11BF2O2/c1-5(2)8-6(10(13)14)3-4-7(11)9(8)12/h3-5,13-14H,1-2H3. The lowest BCUT2D eigenvalue weighted by molar-refractivity contribution is 0.423. The van der Waals surface area contributed by atoms with Crippen LogP contribution in [0.1, 0.15) is 25.3 Å². The van der Waals surface area contributed by atoms with Crippen LogP contribution in [0.5, 0.6) is 0 Å². The zero-order valence-electron chi connectivity index (χ0n) is 7.96. The fourth-order valence-corrected chi connectivity index (χ4v) is 1.39. The first-order chi connectivity index (χ1) is 6.45. The van der Waals surface area contributed by atoms with Gasteiger partial charge < -0.3 is 10.0 Å². The minimum Gasteiger partial charge on any atom is -0.423 e. The van der Waals surface area contributed by atoms with E-state index in [0.717, 1.165) is 6.07 Å². The minimum atomic E-state index is -1.78. The molecule has 0 saturated carbocycles. The number of rotatable bonds is 2. The van der Waals surface area contributed by atoms with Gasteiger partial charge >= 0.3 is 7.12 Å². The molecule has 0 heterocycles. The Morgan fingerprint density at radius 3 is 2.21 bits per heavy atom. The van der Waals surface area contributed by atoms with Crippen molar-refractivity contribution in [3.8, 4) is 0 Å². The zero-order valence-corrected chi connectivity index (χ0v) is 7.96. The molecule has 76 valence electrons. The van der Waals surface area contributed by atoms with Crippen LogP contribution in [-0.2, 0) is 0 Å². The highest BCUT2D eigenvalue weighted by atomic mass is 19.2. The van der Waals surface area contributed by atoms with E-state index in [4.69, 9.17) is 10.0 Å². The minimum absolute atomic E-state index is 0.0129. The van der Waals surface area contributed by atoms with Crippen molar-refractivity contribution in [3.63, 3.8) is 0 Å². The summed E-state index contributed by atoms with van der Waals surface area (Å²) in [5.41, 5.74) is 0.0268. The lowest BCUT2D eigenvalue weighted by Crippen LogP contribution is -2.34. The highest BCUT2D eigenvalue weighted by Crippen LogP contribution is 2.18. The third-order valence-corrected chi connectivity index (χ3v) is 2.02. The molecular weight excluding hydrogens is 189 g/mol. The van der Waals surface area contributed by atoms with Gasteiger partial charge in [0.2, 0.25) is 0 Å². The summed E-state index contributed by atoms with van der Waals surface area (Å²) in [6.45, 7) is 3.31. The van der Waals surface area contributed by atoms with Crippen LogP contribution in [0.3, 0.4) is 0 Å². The van der Waals surface area contributed by atoms with E-state index in [9.17, 15) is 8.78 Å². The van der Waals surface area contributed by atoms with Gasteiger partial charge in [-0.15, -0.1) is 0 Å². The van der Waals surface area contributed by atoms with Gasteiger partial charge in [-0.3, -0.25) is 0 Å². The summed E-state index contributed by atoms with van der Waals surface area (Å²) in [5.74, 6) is -2.29. The van der Waals surface area contributed by atoms with Gasteiger partial charge in [-0.2, -0.15) is 0 Å². The van der Waals surface area contributed by atoms with Crippen LogP contribution in [-0.4, -0.2) is 17.2 Å². The molecule has 1 aromatic carbocycles. The third kappa shape index (κ3) is 1.94. The van der Waals surface area contributed by atoms with E-state index in [1.807, 2.05) is 0 Å². The summed E-state index contributed by atoms with van der Waals surface area (Å²) in [5, 5.41) is 17.9. The molecule has 2 nitrogen and oxygen atoms in total. The van der Waals surface area contributed by atoms with Crippen molar-refractivity contribution in [2.24, 2.45) is 0 Å².